The number of amides is 1. The van der Waals surface area contributed by atoms with Crippen LogP contribution in [0.2, 0.25) is 0 Å². The summed E-state index contributed by atoms with van der Waals surface area (Å²) in [5, 5.41) is 10.9. The Hall–Kier alpha value is -1.40. The van der Waals surface area contributed by atoms with Crippen molar-refractivity contribution in [2.24, 2.45) is 11.3 Å². The molecule has 168 valence electrons. The van der Waals surface area contributed by atoms with Crippen molar-refractivity contribution in [3.05, 3.63) is 29.8 Å². The quantitative estimate of drug-likeness (QED) is 0.756. The molecule has 6 heteroatoms. The van der Waals surface area contributed by atoms with Crippen molar-refractivity contribution in [1.82, 2.24) is 0 Å². The smallest absolute Gasteiger partial charge is 0.233 e. The number of carbonyl (C=O) groups is 1. The minimum absolute atomic E-state index is 0.0446. The highest BCUT2D eigenvalue weighted by atomic mass is 32.2. The van der Waals surface area contributed by atoms with Crippen LogP contribution < -0.4 is 4.90 Å². The molecule has 0 bridgehead atoms. The maximum absolute atomic E-state index is 13.3. The molecule has 0 radical (unpaired) electrons. The van der Waals surface area contributed by atoms with E-state index < -0.39 is 20.9 Å². The Labute approximate surface area is 181 Å². The predicted molar refractivity (Wildman–Crippen MR) is 121 cm³/mol. The van der Waals surface area contributed by atoms with Crippen LogP contribution in [-0.4, -0.2) is 43.1 Å². The summed E-state index contributed by atoms with van der Waals surface area (Å²) in [6.45, 7) is 10.9. The molecule has 1 aliphatic carbocycles. The number of carbonyl (C=O) groups excluding carboxylic acids is 1. The van der Waals surface area contributed by atoms with Gasteiger partial charge in [0.2, 0.25) is 5.91 Å². The third kappa shape index (κ3) is 4.91. The van der Waals surface area contributed by atoms with E-state index in [0.29, 0.717) is 32.2 Å². The molecular formula is C24H37NO4S. The third-order valence-corrected chi connectivity index (χ3v) is 8.92. The van der Waals surface area contributed by atoms with E-state index in [0.717, 1.165) is 12.1 Å². The van der Waals surface area contributed by atoms with Crippen LogP contribution in [0, 0.1) is 11.3 Å². The van der Waals surface area contributed by atoms with Crippen molar-refractivity contribution in [1.29, 1.82) is 0 Å². The molecule has 1 spiro atoms. The number of anilines is 1. The Morgan fingerprint density at radius 2 is 1.60 bits per heavy atom. The van der Waals surface area contributed by atoms with Crippen molar-refractivity contribution < 1.29 is 18.3 Å². The zero-order chi connectivity index (χ0) is 22.4. The molecule has 2 aliphatic rings. The number of nitrogens with zero attached hydrogens (tertiary/aromatic N) is 1. The SMILES string of the molecule is CC(C)CS(=O)(=O)C[C@]1(O)CC[C@]2(CCN(c3ccc(C(C)(C)C)cc3)C2=O)CC1. The van der Waals surface area contributed by atoms with Crippen LogP contribution in [0.4, 0.5) is 5.69 Å². The molecule has 1 saturated heterocycles. The minimum Gasteiger partial charge on any atom is -0.389 e. The molecule has 30 heavy (non-hydrogen) atoms. The lowest BCUT2D eigenvalue weighted by Gasteiger charge is -2.40. The van der Waals surface area contributed by atoms with Gasteiger partial charge < -0.3 is 10.0 Å². The molecule has 0 aromatic heterocycles. The lowest BCUT2D eigenvalue weighted by Crippen LogP contribution is -2.47. The molecule has 1 aromatic rings. The molecule has 1 aromatic carbocycles. The van der Waals surface area contributed by atoms with Gasteiger partial charge in [0.15, 0.2) is 9.84 Å². The van der Waals surface area contributed by atoms with Gasteiger partial charge >= 0.3 is 0 Å². The topological polar surface area (TPSA) is 74.7 Å². The van der Waals surface area contributed by atoms with Gasteiger partial charge in [0.1, 0.15) is 0 Å². The fraction of sp³-hybridized carbons (Fsp3) is 0.708. The van der Waals surface area contributed by atoms with E-state index >= 15 is 0 Å². The second kappa shape index (κ2) is 7.94. The van der Waals surface area contributed by atoms with Crippen molar-refractivity contribution in [2.45, 2.75) is 77.7 Å². The average molecular weight is 436 g/mol. The first-order chi connectivity index (χ1) is 13.8. The van der Waals surface area contributed by atoms with Gasteiger partial charge in [-0.3, -0.25) is 4.79 Å². The zero-order valence-corrected chi connectivity index (χ0v) is 19.9. The Morgan fingerprint density at radius 1 is 1.03 bits per heavy atom. The fourth-order valence-electron chi connectivity index (χ4n) is 4.99. The summed E-state index contributed by atoms with van der Waals surface area (Å²) < 4.78 is 24.8. The standard InChI is InChI=1S/C24H37NO4S/c1-18(2)16-30(28,29)17-24(27)12-10-23(11-13-24)14-15-25(21(23)26)20-8-6-19(7-9-20)22(3,4)5/h6-9,18,27H,10-17H2,1-5H3/t23-,24+. The molecule has 1 N–H and O–H groups in total. The van der Waals surface area contributed by atoms with E-state index in [1.165, 1.54) is 5.56 Å². The second-order valence-corrected chi connectivity index (χ2v) is 13.1. The molecule has 1 amide bonds. The highest BCUT2D eigenvalue weighted by molar-refractivity contribution is 7.91. The normalized spacial score (nSPS) is 28.0. The van der Waals surface area contributed by atoms with Crippen LogP contribution in [0.3, 0.4) is 0 Å². The van der Waals surface area contributed by atoms with Crippen LogP contribution in [-0.2, 0) is 20.0 Å². The van der Waals surface area contributed by atoms with Crippen LogP contribution in [0.1, 0.15) is 72.3 Å². The first-order valence-corrected chi connectivity index (χ1v) is 12.9. The zero-order valence-electron chi connectivity index (χ0n) is 19.1. The van der Waals surface area contributed by atoms with Gasteiger partial charge in [0.05, 0.1) is 22.5 Å². The first-order valence-electron chi connectivity index (χ1n) is 11.1. The van der Waals surface area contributed by atoms with E-state index in [1.54, 1.807) is 0 Å². The van der Waals surface area contributed by atoms with Gasteiger partial charge in [-0.15, -0.1) is 0 Å². The molecular weight excluding hydrogens is 398 g/mol. The molecule has 3 rings (SSSR count). The van der Waals surface area contributed by atoms with Crippen LogP contribution >= 0.6 is 0 Å². The number of hydrogen-bond donors (Lipinski definition) is 1. The van der Waals surface area contributed by atoms with Crippen molar-refractivity contribution in [3.63, 3.8) is 0 Å². The van der Waals surface area contributed by atoms with Gasteiger partial charge in [0, 0.05) is 12.2 Å². The summed E-state index contributed by atoms with van der Waals surface area (Å²) in [7, 11) is -3.30. The average Bonchev–Trinajstić information content (AvgIpc) is 2.92. The van der Waals surface area contributed by atoms with Crippen LogP contribution in [0.25, 0.3) is 0 Å². The van der Waals surface area contributed by atoms with Crippen LogP contribution in [0.15, 0.2) is 24.3 Å². The molecule has 2 fully saturated rings. The largest absolute Gasteiger partial charge is 0.389 e. The number of rotatable bonds is 5. The Bertz CT molecular complexity index is 873. The van der Waals surface area contributed by atoms with Crippen molar-refractivity contribution >= 4 is 21.4 Å². The monoisotopic (exact) mass is 435 g/mol. The number of hydrogen-bond acceptors (Lipinski definition) is 4. The fourth-order valence-corrected chi connectivity index (χ4v) is 7.23. The van der Waals surface area contributed by atoms with Crippen molar-refractivity contribution in [3.8, 4) is 0 Å². The highest BCUT2D eigenvalue weighted by Gasteiger charge is 2.52. The molecule has 0 atom stereocenters. The maximum Gasteiger partial charge on any atom is 0.233 e. The molecule has 5 nitrogen and oxygen atoms in total. The lowest BCUT2D eigenvalue weighted by atomic mass is 9.68. The van der Waals surface area contributed by atoms with E-state index in [1.807, 2.05) is 30.9 Å². The van der Waals surface area contributed by atoms with E-state index in [9.17, 15) is 18.3 Å². The summed E-state index contributed by atoms with van der Waals surface area (Å²) in [6.07, 6.45) is 2.60. The molecule has 1 saturated carbocycles. The van der Waals surface area contributed by atoms with Gasteiger partial charge in [0.25, 0.3) is 0 Å². The number of sulfone groups is 1. The van der Waals surface area contributed by atoms with Gasteiger partial charge in [-0.1, -0.05) is 46.8 Å². The Morgan fingerprint density at radius 3 is 2.10 bits per heavy atom. The van der Waals surface area contributed by atoms with E-state index in [-0.39, 0.29) is 28.7 Å². The summed E-state index contributed by atoms with van der Waals surface area (Å²) in [6, 6.07) is 8.23. The first kappa shape index (κ1) is 23.3. The summed E-state index contributed by atoms with van der Waals surface area (Å²) in [5.74, 6) is 0.0688. The molecule has 0 unspecified atom stereocenters. The Balaban J connectivity index is 1.68. The summed E-state index contributed by atoms with van der Waals surface area (Å²) in [4.78, 5) is 15.2. The van der Waals surface area contributed by atoms with Crippen molar-refractivity contribution in [2.75, 3.05) is 23.0 Å². The summed E-state index contributed by atoms with van der Waals surface area (Å²) in [5.41, 5.74) is 0.555. The number of aliphatic hydroxyl groups is 1. The van der Waals surface area contributed by atoms with Gasteiger partial charge in [-0.25, -0.2) is 8.42 Å². The lowest BCUT2D eigenvalue weighted by molar-refractivity contribution is -0.130. The molecule has 1 aliphatic heterocycles. The third-order valence-electron chi connectivity index (χ3n) is 6.77. The molecule has 1 heterocycles. The van der Waals surface area contributed by atoms with Crippen LogP contribution in [0.5, 0.6) is 0 Å². The van der Waals surface area contributed by atoms with Gasteiger partial charge in [-0.05, 0) is 61.1 Å². The minimum atomic E-state index is -3.30. The van der Waals surface area contributed by atoms with E-state index in [4.69, 9.17) is 0 Å². The second-order valence-electron chi connectivity index (χ2n) is 11.0. The Kier molecular flexibility index (Phi) is 6.16. The van der Waals surface area contributed by atoms with E-state index in [2.05, 4.69) is 32.9 Å². The number of benzene rings is 1. The predicted octanol–water partition coefficient (Wildman–Crippen LogP) is 4.08. The van der Waals surface area contributed by atoms with Gasteiger partial charge in [-0.2, -0.15) is 0 Å². The highest BCUT2D eigenvalue weighted by Crippen LogP contribution is 2.49. The maximum atomic E-state index is 13.3. The summed E-state index contributed by atoms with van der Waals surface area (Å²) >= 11 is 0.